The van der Waals surface area contributed by atoms with Crippen molar-refractivity contribution in [3.63, 3.8) is 0 Å². The van der Waals surface area contributed by atoms with Gasteiger partial charge in [-0.3, -0.25) is 0 Å². The fraction of sp³-hybridized carbons (Fsp3) is 0.125. The molecule has 2 aromatic rings. The lowest BCUT2D eigenvalue weighted by molar-refractivity contribution is 0.549. The second kappa shape index (κ2) is 5.38. The van der Waals surface area contributed by atoms with Gasteiger partial charge in [0, 0.05) is 12.6 Å². The van der Waals surface area contributed by atoms with Crippen LogP contribution in [0.25, 0.3) is 0 Å². The summed E-state index contributed by atoms with van der Waals surface area (Å²) in [6.07, 6.45) is 1.68. The van der Waals surface area contributed by atoms with Gasteiger partial charge in [0.05, 0.1) is 6.21 Å². The summed E-state index contributed by atoms with van der Waals surface area (Å²) in [5.41, 5.74) is 2.68. The zero-order valence-corrected chi connectivity index (χ0v) is 13.1. The Morgan fingerprint density at radius 2 is 1.77 bits per heavy atom. The van der Waals surface area contributed by atoms with Crippen molar-refractivity contribution in [2.24, 2.45) is 9.50 Å². The van der Waals surface area contributed by atoms with Gasteiger partial charge in [-0.15, -0.1) is 4.40 Å². The molecule has 5 nitrogen and oxygen atoms in total. The van der Waals surface area contributed by atoms with E-state index in [0.717, 1.165) is 5.56 Å². The van der Waals surface area contributed by atoms with Crippen molar-refractivity contribution in [1.29, 1.82) is 0 Å². The van der Waals surface area contributed by atoms with Crippen LogP contribution in [-0.2, 0) is 10.0 Å². The molecule has 3 rings (SSSR count). The Balaban J connectivity index is 1.90. The molecule has 0 bridgehead atoms. The van der Waals surface area contributed by atoms with Gasteiger partial charge < -0.3 is 0 Å². The van der Waals surface area contributed by atoms with E-state index in [1.165, 1.54) is 10.6 Å². The third-order valence-corrected chi connectivity index (χ3v) is 4.70. The van der Waals surface area contributed by atoms with Crippen LogP contribution in [0.5, 0.6) is 0 Å². The van der Waals surface area contributed by atoms with E-state index in [1.807, 2.05) is 31.2 Å². The maximum atomic E-state index is 12.0. The summed E-state index contributed by atoms with van der Waals surface area (Å²) in [4.78, 5) is 0.224. The molecule has 1 aliphatic heterocycles. The Morgan fingerprint density at radius 3 is 2.50 bits per heavy atom. The minimum Gasteiger partial charge on any atom is -0.250 e. The molecule has 0 N–H and O–H groups in total. The molecule has 0 atom stereocenters. The van der Waals surface area contributed by atoms with Crippen LogP contribution in [0.3, 0.4) is 0 Å². The van der Waals surface area contributed by atoms with Gasteiger partial charge in [-0.25, -0.2) is 5.01 Å². The summed E-state index contributed by atoms with van der Waals surface area (Å²) in [5, 5.41) is 5.76. The summed E-state index contributed by atoms with van der Waals surface area (Å²) in [7, 11) is -1.93. The summed E-state index contributed by atoms with van der Waals surface area (Å²) < 4.78 is 27.8. The highest BCUT2D eigenvalue weighted by Gasteiger charge is 2.30. The fourth-order valence-corrected chi connectivity index (χ4v) is 3.41. The number of hydrogen-bond donors (Lipinski definition) is 0. The van der Waals surface area contributed by atoms with E-state index in [2.05, 4.69) is 9.50 Å². The van der Waals surface area contributed by atoms with Crippen molar-refractivity contribution in [3.8, 4) is 0 Å². The molecule has 0 spiro atoms. The first kappa shape index (κ1) is 14.5. The first-order valence-corrected chi connectivity index (χ1v) is 8.20. The molecule has 22 heavy (non-hydrogen) atoms. The molecular formula is C16H15N3O2S. The summed E-state index contributed by atoms with van der Waals surface area (Å²) in [5.74, 6) is 0.332. The van der Waals surface area contributed by atoms with Gasteiger partial charge in [0.2, 0.25) is 0 Å². The Hall–Kier alpha value is -2.47. The van der Waals surface area contributed by atoms with E-state index in [1.54, 1.807) is 37.5 Å². The molecular weight excluding hydrogens is 298 g/mol. The third-order valence-electron chi connectivity index (χ3n) is 3.38. The zero-order chi connectivity index (χ0) is 15.7. The Kier molecular flexibility index (Phi) is 3.54. The number of hydrazone groups is 1. The fourth-order valence-electron chi connectivity index (χ4n) is 2.18. The van der Waals surface area contributed by atoms with Crippen molar-refractivity contribution < 1.29 is 8.42 Å². The van der Waals surface area contributed by atoms with Crippen LogP contribution < -0.4 is 0 Å². The molecule has 0 saturated heterocycles. The number of benzene rings is 2. The van der Waals surface area contributed by atoms with Gasteiger partial charge >= 0.3 is 0 Å². The number of fused-ring (bicyclic) bond motifs is 1. The summed E-state index contributed by atoms with van der Waals surface area (Å²) in [6.45, 7) is 2.02. The van der Waals surface area contributed by atoms with E-state index >= 15 is 0 Å². The van der Waals surface area contributed by atoms with E-state index in [0.29, 0.717) is 11.4 Å². The Labute approximate surface area is 129 Å². The number of hydrogen-bond acceptors (Lipinski definition) is 4. The molecule has 112 valence electrons. The average Bonchev–Trinajstić information content (AvgIpc) is 2.79. The number of rotatable bonds is 2. The van der Waals surface area contributed by atoms with Gasteiger partial charge in [0.1, 0.15) is 4.90 Å². The van der Waals surface area contributed by atoms with Gasteiger partial charge in [-0.1, -0.05) is 42.0 Å². The quantitative estimate of drug-likeness (QED) is 0.632. The maximum absolute atomic E-state index is 12.0. The normalized spacial score (nSPS) is 15.6. The lowest BCUT2D eigenvalue weighted by atomic mass is 10.2. The highest BCUT2D eigenvalue weighted by atomic mass is 32.2. The standard InChI is InChI=1S/C16H15N3O2S/c1-12-7-9-13(10-8-12)11-17-19(2)16-14-5-3-4-6-15(14)22(20,21)18-16/h3-11H,1-2H3/b17-11-. The molecule has 0 aliphatic carbocycles. The highest BCUT2D eigenvalue weighted by Crippen LogP contribution is 2.26. The molecule has 0 aromatic heterocycles. The van der Waals surface area contributed by atoms with E-state index in [-0.39, 0.29) is 4.90 Å². The van der Waals surface area contributed by atoms with E-state index in [4.69, 9.17) is 0 Å². The first-order chi connectivity index (χ1) is 10.5. The third kappa shape index (κ3) is 2.65. The van der Waals surface area contributed by atoms with Crippen molar-refractivity contribution >= 4 is 22.1 Å². The molecule has 0 amide bonds. The SMILES string of the molecule is Cc1ccc(/C=N\N(C)C2=NS(=O)(=O)c3ccccc32)cc1. The zero-order valence-electron chi connectivity index (χ0n) is 12.3. The van der Waals surface area contributed by atoms with E-state index in [9.17, 15) is 8.42 Å². The highest BCUT2D eigenvalue weighted by molar-refractivity contribution is 7.90. The number of amidine groups is 1. The average molecular weight is 313 g/mol. The number of nitrogens with zero attached hydrogens (tertiary/aromatic N) is 3. The smallest absolute Gasteiger partial charge is 0.250 e. The Morgan fingerprint density at radius 1 is 1.09 bits per heavy atom. The minimum atomic E-state index is -3.62. The number of aryl methyl sites for hydroxylation is 1. The van der Waals surface area contributed by atoms with Crippen LogP contribution in [0.4, 0.5) is 0 Å². The predicted molar refractivity (Wildman–Crippen MR) is 86.7 cm³/mol. The monoisotopic (exact) mass is 313 g/mol. The van der Waals surface area contributed by atoms with Crippen molar-refractivity contribution in [3.05, 3.63) is 65.2 Å². The van der Waals surface area contributed by atoms with E-state index < -0.39 is 10.0 Å². The van der Waals surface area contributed by atoms with Crippen LogP contribution in [-0.4, -0.2) is 32.5 Å². The largest absolute Gasteiger partial charge is 0.285 e. The van der Waals surface area contributed by atoms with Crippen LogP contribution >= 0.6 is 0 Å². The van der Waals surface area contributed by atoms with Crippen LogP contribution in [0.2, 0.25) is 0 Å². The van der Waals surface area contributed by atoms with Crippen LogP contribution in [0.1, 0.15) is 16.7 Å². The molecule has 1 heterocycles. The lowest BCUT2D eigenvalue weighted by Gasteiger charge is -2.12. The first-order valence-electron chi connectivity index (χ1n) is 6.76. The van der Waals surface area contributed by atoms with Gasteiger partial charge in [-0.05, 0) is 24.6 Å². The van der Waals surface area contributed by atoms with Crippen LogP contribution in [0, 0.1) is 6.92 Å². The summed E-state index contributed by atoms with van der Waals surface area (Å²) in [6, 6.07) is 14.6. The van der Waals surface area contributed by atoms with Gasteiger partial charge in [0.25, 0.3) is 10.0 Å². The van der Waals surface area contributed by atoms with Gasteiger partial charge in [-0.2, -0.15) is 13.5 Å². The lowest BCUT2D eigenvalue weighted by Crippen LogP contribution is -2.21. The molecule has 6 heteroatoms. The summed E-state index contributed by atoms with van der Waals surface area (Å²) >= 11 is 0. The molecule has 0 radical (unpaired) electrons. The molecule has 1 aliphatic rings. The topological polar surface area (TPSA) is 62.1 Å². The predicted octanol–water partition coefficient (Wildman–Crippen LogP) is 2.41. The van der Waals surface area contributed by atoms with Gasteiger partial charge in [0.15, 0.2) is 5.84 Å². The van der Waals surface area contributed by atoms with Crippen molar-refractivity contribution in [2.45, 2.75) is 11.8 Å². The minimum absolute atomic E-state index is 0.224. The second-order valence-electron chi connectivity index (χ2n) is 5.06. The molecule has 0 saturated carbocycles. The second-order valence-corrected chi connectivity index (χ2v) is 6.64. The van der Waals surface area contributed by atoms with Crippen LogP contribution in [0.15, 0.2) is 62.9 Å². The molecule has 2 aromatic carbocycles. The van der Waals surface area contributed by atoms with Crippen molar-refractivity contribution in [1.82, 2.24) is 5.01 Å². The molecule has 0 unspecified atom stereocenters. The Bertz CT molecular complexity index is 869. The number of sulfonamides is 1. The molecule has 0 fully saturated rings. The maximum Gasteiger partial charge on any atom is 0.285 e. The van der Waals surface area contributed by atoms with Crippen molar-refractivity contribution in [2.75, 3.05) is 7.05 Å².